The summed E-state index contributed by atoms with van der Waals surface area (Å²) in [5, 5.41) is 23.0. The molecule has 1 N–H and O–H groups in total. The topological polar surface area (TPSA) is 123 Å². The van der Waals surface area contributed by atoms with Crippen molar-refractivity contribution in [1.29, 1.82) is 0 Å². The number of aromatic nitrogens is 3. The van der Waals surface area contributed by atoms with Crippen molar-refractivity contribution in [2.75, 3.05) is 18.4 Å². The van der Waals surface area contributed by atoms with Crippen molar-refractivity contribution in [2.45, 2.75) is 56.5 Å². The van der Waals surface area contributed by atoms with E-state index in [4.69, 9.17) is 0 Å². The van der Waals surface area contributed by atoms with Crippen LogP contribution >= 0.6 is 0 Å². The molecule has 0 saturated carbocycles. The molecule has 156 valence electrons. The van der Waals surface area contributed by atoms with Gasteiger partial charge in [-0.1, -0.05) is 0 Å². The second kappa shape index (κ2) is 7.71. The average molecular weight is 420 g/mol. The molecule has 0 radical (unpaired) electrons. The number of nitrogens with zero attached hydrogens (tertiary/aromatic N) is 5. The number of aryl methyl sites for hydroxylation is 1. The summed E-state index contributed by atoms with van der Waals surface area (Å²) in [6, 6.07) is 3.62. The van der Waals surface area contributed by atoms with Gasteiger partial charge in [0.05, 0.1) is 16.7 Å². The van der Waals surface area contributed by atoms with Crippen molar-refractivity contribution in [1.82, 2.24) is 19.1 Å². The Morgan fingerprint density at radius 1 is 1.14 bits per heavy atom. The summed E-state index contributed by atoms with van der Waals surface area (Å²) in [5.74, 6) is 1.68. The number of non-ortho nitro benzene ring substituents is 1. The van der Waals surface area contributed by atoms with E-state index in [9.17, 15) is 18.5 Å². The van der Waals surface area contributed by atoms with Crippen molar-refractivity contribution in [3.63, 3.8) is 0 Å². The fourth-order valence-electron chi connectivity index (χ4n) is 3.97. The molecule has 0 aliphatic carbocycles. The van der Waals surface area contributed by atoms with Crippen LogP contribution in [0.25, 0.3) is 0 Å². The van der Waals surface area contributed by atoms with E-state index in [1.54, 1.807) is 0 Å². The van der Waals surface area contributed by atoms with E-state index in [0.29, 0.717) is 18.8 Å². The van der Waals surface area contributed by atoms with Crippen molar-refractivity contribution in [2.24, 2.45) is 0 Å². The maximum absolute atomic E-state index is 13.2. The molecule has 2 aromatic rings. The predicted octanol–water partition coefficient (Wildman–Crippen LogP) is 2.48. The van der Waals surface area contributed by atoms with Gasteiger partial charge in [-0.3, -0.25) is 10.1 Å². The van der Waals surface area contributed by atoms with Crippen LogP contribution in [0.2, 0.25) is 0 Å². The molecule has 1 aromatic heterocycles. The molecule has 2 aliphatic rings. The van der Waals surface area contributed by atoms with E-state index < -0.39 is 14.9 Å². The molecule has 1 saturated heterocycles. The molecule has 1 atom stereocenters. The third kappa shape index (κ3) is 3.71. The lowest BCUT2D eigenvalue weighted by atomic mass is 10.1. The number of rotatable bonds is 6. The summed E-state index contributed by atoms with van der Waals surface area (Å²) in [6.45, 7) is 3.58. The predicted molar refractivity (Wildman–Crippen MR) is 106 cm³/mol. The van der Waals surface area contributed by atoms with E-state index >= 15 is 0 Å². The van der Waals surface area contributed by atoms with Crippen LogP contribution in [0, 0.1) is 10.1 Å². The van der Waals surface area contributed by atoms with Crippen LogP contribution in [0.5, 0.6) is 0 Å². The van der Waals surface area contributed by atoms with E-state index in [-0.39, 0.29) is 16.6 Å². The Hall–Kier alpha value is -2.53. The average Bonchev–Trinajstić information content (AvgIpc) is 3.38. The third-order valence-corrected chi connectivity index (χ3v) is 7.44. The number of nitrogens with one attached hydrogen (secondary N) is 1. The number of hydrogen-bond acceptors (Lipinski definition) is 7. The van der Waals surface area contributed by atoms with Crippen LogP contribution in [-0.2, 0) is 23.0 Å². The number of fused-ring (bicyclic) bond motifs is 1. The quantitative estimate of drug-likeness (QED) is 0.562. The van der Waals surface area contributed by atoms with Crippen LogP contribution in [-0.4, -0.2) is 45.5 Å². The molecule has 11 heteroatoms. The molecule has 1 unspecified atom stereocenters. The Morgan fingerprint density at radius 2 is 1.86 bits per heavy atom. The minimum absolute atomic E-state index is 0.0705. The van der Waals surface area contributed by atoms with Gasteiger partial charge in [-0.15, -0.1) is 10.2 Å². The molecule has 3 heterocycles. The fourth-order valence-corrected chi connectivity index (χ4v) is 5.67. The summed E-state index contributed by atoms with van der Waals surface area (Å²) in [6.07, 6.45) is 4.60. The van der Waals surface area contributed by atoms with Gasteiger partial charge in [0.2, 0.25) is 10.0 Å². The van der Waals surface area contributed by atoms with Crippen LogP contribution in [0.15, 0.2) is 23.1 Å². The lowest BCUT2D eigenvalue weighted by Gasteiger charge is -2.22. The van der Waals surface area contributed by atoms with Crippen molar-refractivity contribution < 1.29 is 13.3 Å². The summed E-state index contributed by atoms with van der Waals surface area (Å²) in [4.78, 5) is 10.6. The zero-order chi connectivity index (χ0) is 20.6. The molecule has 1 aromatic carbocycles. The molecular weight excluding hydrogens is 396 g/mol. The van der Waals surface area contributed by atoms with E-state index in [2.05, 4.69) is 20.1 Å². The highest BCUT2D eigenvalue weighted by molar-refractivity contribution is 7.89. The van der Waals surface area contributed by atoms with Crippen LogP contribution in [0.4, 0.5) is 11.4 Å². The highest BCUT2D eigenvalue weighted by Crippen LogP contribution is 2.33. The second-order valence-corrected chi connectivity index (χ2v) is 9.40. The first kappa shape index (κ1) is 19.8. The maximum Gasteiger partial charge on any atom is 0.270 e. The summed E-state index contributed by atoms with van der Waals surface area (Å²) < 4.78 is 29.8. The summed E-state index contributed by atoms with van der Waals surface area (Å²) in [5.41, 5.74) is 0.0870. The highest BCUT2D eigenvalue weighted by Gasteiger charge is 2.32. The lowest BCUT2D eigenvalue weighted by molar-refractivity contribution is -0.385. The van der Waals surface area contributed by atoms with Gasteiger partial charge in [-0.25, -0.2) is 8.42 Å². The standard InChI is InChI=1S/C18H24N6O4S/c1-13(18-21-20-17-6-2-3-11-23(17)18)19-15-8-7-14(24(25)26)12-16(15)29(27,28)22-9-4-5-10-22/h7-8,12-13,19H,2-6,9-11H2,1H3. The number of anilines is 1. The van der Waals surface area contributed by atoms with Gasteiger partial charge in [0.15, 0.2) is 5.82 Å². The third-order valence-electron chi connectivity index (χ3n) is 5.51. The van der Waals surface area contributed by atoms with E-state index in [1.807, 2.05) is 6.92 Å². The SMILES string of the molecule is CC(Nc1ccc([N+](=O)[O-])cc1S(=O)(=O)N1CCCC1)c1nnc2n1CCCC2. The van der Waals surface area contributed by atoms with Gasteiger partial charge in [0.25, 0.3) is 5.69 Å². The Kier molecular flexibility index (Phi) is 5.26. The molecule has 0 bridgehead atoms. The van der Waals surface area contributed by atoms with Gasteiger partial charge in [-0.2, -0.15) is 4.31 Å². The van der Waals surface area contributed by atoms with Crippen molar-refractivity contribution in [3.05, 3.63) is 40.0 Å². The smallest absolute Gasteiger partial charge is 0.270 e. The van der Waals surface area contributed by atoms with Crippen molar-refractivity contribution >= 4 is 21.4 Å². The minimum Gasteiger partial charge on any atom is -0.374 e. The zero-order valence-electron chi connectivity index (χ0n) is 16.2. The first-order valence-corrected chi connectivity index (χ1v) is 11.3. The van der Waals surface area contributed by atoms with Crippen LogP contribution < -0.4 is 5.32 Å². The molecule has 29 heavy (non-hydrogen) atoms. The normalized spacial score (nSPS) is 18.4. The summed E-state index contributed by atoms with van der Waals surface area (Å²) >= 11 is 0. The molecule has 0 spiro atoms. The van der Waals surface area contributed by atoms with Crippen LogP contribution in [0.1, 0.15) is 50.3 Å². The van der Waals surface area contributed by atoms with Crippen LogP contribution in [0.3, 0.4) is 0 Å². The Bertz CT molecular complexity index is 1030. The van der Waals surface area contributed by atoms with Crippen molar-refractivity contribution in [3.8, 4) is 0 Å². The Labute approximate surface area is 169 Å². The van der Waals surface area contributed by atoms with E-state index in [0.717, 1.165) is 56.4 Å². The Morgan fingerprint density at radius 3 is 2.59 bits per heavy atom. The fraction of sp³-hybridized carbons (Fsp3) is 0.556. The van der Waals surface area contributed by atoms with Gasteiger partial charge in [0, 0.05) is 38.2 Å². The Balaban J connectivity index is 1.69. The van der Waals surface area contributed by atoms with Gasteiger partial charge >= 0.3 is 0 Å². The number of nitro groups is 1. The number of sulfonamides is 1. The van der Waals surface area contributed by atoms with Gasteiger partial charge < -0.3 is 9.88 Å². The molecule has 4 rings (SSSR count). The zero-order valence-corrected chi connectivity index (χ0v) is 17.1. The monoisotopic (exact) mass is 420 g/mol. The largest absolute Gasteiger partial charge is 0.374 e. The number of benzene rings is 1. The van der Waals surface area contributed by atoms with E-state index in [1.165, 1.54) is 16.4 Å². The molecular formula is C18H24N6O4S. The molecule has 2 aliphatic heterocycles. The maximum atomic E-state index is 13.2. The first-order valence-electron chi connectivity index (χ1n) is 9.85. The molecule has 0 amide bonds. The van der Waals surface area contributed by atoms with Gasteiger partial charge in [-0.05, 0) is 38.7 Å². The number of hydrogen-bond donors (Lipinski definition) is 1. The second-order valence-electron chi connectivity index (χ2n) is 7.50. The summed E-state index contributed by atoms with van der Waals surface area (Å²) in [7, 11) is -3.83. The highest BCUT2D eigenvalue weighted by atomic mass is 32.2. The lowest BCUT2D eigenvalue weighted by Crippen LogP contribution is -2.29. The minimum atomic E-state index is -3.83. The number of nitro benzene ring substituents is 1. The molecule has 10 nitrogen and oxygen atoms in total. The van der Waals surface area contributed by atoms with Gasteiger partial charge in [0.1, 0.15) is 10.7 Å². The first-order chi connectivity index (χ1) is 13.9. The molecule has 1 fully saturated rings.